The highest BCUT2D eigenvalue weighted by molar-refractivity contribution is 6.37. The molecule has 1 atom stereocenters. The molecule has 6 nitrogen and oxygen atoms in total. The van der Waals surface area contributed by atoms with E-state index in [1.54, 1.807) is 0 Å². The van der Waals surface area contributed by atoms with Crippen LogP contribution in [0.2, 0.25) is 15.1 Å². The molecule has 1 aliphatic rings. The largest absolute Gasteiger partial charge is 0.490 e. The molecule has 0 aliphatic heterocycles. The number of nitrogens with two attached hydrogens (primary N) is 1. The van der Waals surface area contributed by atoms with E-state index in [9.17, 15) is 4.79 Å². The number of carbonyl (C=O) groups excluding carboxylic acids is 1. The highest BCUT2D eigenvalue weighted by Gasteiger charge is 2.35. The van der Waals surface area contributed by atoms with Crippen LogP contribution in [0.4, 0.5) is 0 Å². The van der Waals surface area contributed by atoms with Crippen molar-refractivity contribution in [1.29, 1.82) is 0 Å². The Balaban J connectivity index is 1.31. The smallest absolute Gasteiger partial charge is 0.227 e. The fourth-order valence-electron chi connectivity index (χ4n) is 5.10. The number of benzene rings is 3. The molecule has 2 N–H and O–H groups in total. The van der Waals surface area contributed by atoms with Crippen LogP contribution in [0.5, 0.6) is 11.5 Å². The van der Waals surface area contributed by atoms with Gasteiger partial charge in [-0.25, -0.2) is 0 Å². The summed E-state index contributed by atoms with van der Waals surface area (Å²) in [5.41, 5.74) is 10.4. The standard InChI is InChI=1S/C34H42Cl3N3O3/c1-23-17-31(36)33(32(37)18-23)43-16-15-42-29-11-6-25(7-12-29)19-26(21-38)34(41)40(28-9-10-28)22-27-20-24(8-13-30(27)35)5-4-14-39(2)3/h6-8,11-13,17-18,20,26,28H,4-5,9-10,14-16,19,21-22,38H2,1-3H3. The van der Waals surface area contributed by atoms with Crippen molar-refractivity contribution >= 4 is 40.7 Å². The average Bonchev–Trinajstić information content (AvgIpc) is 3.81. The lowest BCUT2D eigenvalue weighted by atomic mass is 9.97. The number of halogens is 3. The molecular formula is C34H42Cl3N3O3. The van der Waals surface area contributed by atoms with Gasteiger partial charge in [-0.1, -0.05) is 59.1 Å². The molecule has 1 fully saturated rings. The van der Waals surface area contributed by atoms with Gasteiger partial charge in [0.2, 0.25) is 5.91 Å². The van der Waals surface area contributed by atoms with E-state index in [-0.39, 0.29) is 24.4 Å². The summed E-state index contributed by atoms with van der Waals surface area (Å²) < 4.78 is 11.6. The summed E-state index contributed by atoms with van der Waals surface area (Å²) in [6.07, 6.45) is 4.64. The number of ether oxygens (including phenoxy) is 2. The first-order valence-corrected chi connectivity index (χ1v) is 16.0. The molecule has 9 heteroatoms. The zero-order chi connectivity index (χ0) is 30.9. The summed E-state index contributed by atoms with van der Waals surface area (Å²) >= 11 is 19.1. The summed E-state index contributed by atoms with van der Waals surface area (Å²) in [4.78, 5) is 18.0. The molecule has 0 aromatic heterocycles. The third kappa shape index (κ3) is 10.0. The van der Waals surface area contributed by atoms with Gasteiger partial charge in [0.15, 0.2) is 5.75 Å². The summed E-state index contributed by atoms with van der Waals surface area (Å²) in [6, 6.07) is 17.8. The Morgan fingerprint density at radius 3 is 2.21 bits per heavy atom. The molecular weight excluding hydrogens is 605 g/mol. The van der Waals surface area contributed by atoms with Crippen molar-refractivity contribution in [3.8, 4) is 11.5 Å². The van der Waals surface area contributed by atoms with Gasteiger partial charge in [-0.3, -0.25) is 4.79 Å². The third-order valence-corrected chi connectivity index (χ3v) is 8.50. The summed E-state index contributed by atoms with van der Waals surface area (Å²) in [5.74, 6) is 0.946. The SMILES string of the molecule is Cc1cc(Cl)c(OCCOc2ccc(CC(CN)C(=O)N(Cc3cc(CCCN(C)C)ccc3Cl)C3CC3)cc2)c(Cl)c1. The Morgan fingerprint density at radius 2 is 1.58 bits per heavy atom. The van der Waals surface area contributed by atoms with Crippen molar-refractivity contribution in [3.05, 3.63) is 91.9 Å². The number of amides is 1. The molecule has 0 spiro atoms. The van der Waals surface area contributed by atoms with E-state index in [1.165, 1.54) is 5.56 Å². The Bertz CT molecular complexity index is 1340. The van der Waals surface area contributed by atoms with Gasteiger partial charge >= 0.3 is 0 Å². The highest BCUT2D eigenvalue weighted by atomic mass is 35.5. The van der Waals surface area contributed by atoms with Gasteiger partial charge in [0.05, 0.1) is 16.0 Å². The van der Waals surface area contributed by atoms with Crippen molar-refractivity contribution < 1.29 is 14.3 Å². The maximum absolute atomic E-state index is 13.8. The number of nitrogens with zero attached hydrogens (tertiary/aromatic N) is 2. The molecule has 1 unspecified atom stereocenters. The topological polar surface area (TPSA) is 68.0 Å². The molecule has 0 bridgehead atoms. The fourth-order valence-corrected chi connectivity index (χ4v) is 5.98. The second-order valence-corrected chi connectivity index (χ2v) is 12.8. The Morgan fingerprint density at radius 1 is 0.930 bits per heavy atom. The van der Waals surface area contributed by atoms with E-state index < -0.39 is 0 Å². The maximum atomic E-state index is 13.8. The molecule has 43 heavy (non-hydrogen) atoms. The average molecular weight is 647 g/mol. The lowest BCUT2D eigenvalue weighted by Gasteiger charge is -2.28. The Kier molecular flexibility index (Phi) is 12.4. The van der Waals surface area contributed by atoms with Crippen LogP contribution in [0.1, 0.15) is 41.5 Å². The van der Waals surface area contributed by atoms with E-state index >= 15 is 0 Å². The molecule has 3 aromatic carbocycles. The lowest BCUT2D eigenvalue weighted by Crippen LogP contribution is -2.41. The van der Waals surface area contributed by atoms with Crippen LogP contribution in [0.25, 0.3) is 0 Å². The van der Waals surface area contributed by atoms with E-state index in [4.69, 9.17) is 50.0 Å². The van der Waals surface area contributed by atoms with Crippen LogP contribution in [0, 0.1) is 12.8 Å². The van der Waals surface area contributed by atoms with Crippen molar-refractivity contribution in [1.82, 2.24) is 9.80 Å². The minimum atomic E-state index is -0.313. The zero-order valence-corrected chi connectivity index (χ0v) is 27.5. The van der Waals surface area contributed by atoms with E-state index in [1.807, 2.05) is 54.3 Å². The molecule has 1 aliphatic carbocycles. The van der Waals surface area contributed by atoms with Crippen molar-refractivity contribution in [2.45, 2.75) is 51.6 Å². The first-order valence-electron chi connectivity index (χ1n) is 14.9. The monoisotopic (exact) mass is 645 g/mol. The quantitative estimate of drug-likeness (QED) is 0.167. The predicted molar refractivity (Wildman–Crippen MR) is 177 cm³/mol. The van der Waals surface area contributed by atoms with Crippen LogP contribution >= 0.6 is 34.8 Å². The number of carbonyl (C=O) groups is 1. The van der Waals surface area contributed by atoms with Crippen molar-refractivity contribution in [2.75, 3.05) is 40.4 Å². The maximum Gasteiger partial charge on any atom is 0.227 e. The van der Waals surface area contributed by atoms with Crippen LogP contribution in [-0.2, 0) is 24.2 Å². The minimum absolute atomic E-state index is 0.0879. The normalized spacial score (nSPS) is 13.7. The van der Waals surface area contributed by atoms with Crippen molar-refractivity contribution in [2.24, 2.45) is 11.7 Å². The van der Waals surface area contributed by atoms with Gasteiger partial charge in [-0.15, -0.1) is 0 Å². The second-order valence-electron chi connectivity index (χ2n) is 11.6. The molecule has 1 saturated carbocycles. The number of hydrogen-bond acceptors (Lipinski definition) is 5. The van der Waals surface area contributed by atoms with E-state index in [2.05, 4.69) is 31.1 Å². The first kappa shape index (κ1) is 33.4. The first-order chi connectivity index (χ1) is 20.6. The number of rotatable bonds is 16. The zero-order valence-electron chi connectivity index (χ0n) is 25.3. The molecule has 4 rings (SSSR count). The van der Waals surface area contributed by atoms with Crippen LogP contribution < -0.4 is 15.2 Å². The Hall–Kier alpha value is -2.48. The van der Waals surface area contributed by atoms with E-state index in [0.717, 1.165) is 48.9 Å². The number of aryl methyl sites for hydroxylation is 2. The summed E-state index contributed by atoms with van der Waals surface area (Å²) in [7, 11) is 4.17. The van der Waals surface area contributed by atoms with Gasteiger partial charge in [0, 0.05) is 24.2 Å². The molecule has 0 saturated heterocycles. The van der Waals surface area contributed by atoms with Gasteiger partial charge < -0.3 is 25.0 Å². The minimum Gasteiger partial charge on any atom is -0.490 e. The molecule has 232 valence electrons. The lowest BCUT2D eigenvalue weighted by molar-refractivity contribution is -0.136. The van der Waals surface area contributed by atoms with Gasteiger partial charge in [-0.05, 0) is 112 Å². The van der Waals surface area contributed by atoms with Crippen LogP contribution in [-0.4, -0.2) is 62.1 Å². The van der Waals surface area contributed by atoms with Gasteiger partial charge in [-0.2, -0.15) is 0 Å². The van der Waals surface area contributed by atoms with Gasteiger partial charge in [0.1, 0.15) is 19.0 Å². The molecule has 1 amide bonds. The molecule has 3 aromatic rings. The summed E-state index contributed by atoms with van der Waals surface area (Å²) in [5, 5.41) is 1.65. The second kappa shape index (κ2) is 16.0. The van der Waals surface area contributed by atoms with E-state index in [0.29, 0.717) is 52.7 Å². The number of hydrogen-bond donors (Lipinski definition) is 1. The molecule has 0 radical (unpaired) electrons. The fraction of sp³-hybridized carbons (Fsp3) is 0.441. The van der Waals surface area contributed by atoms with Crippen LogP contribution in [0.15, 0.2) is 54.6 Å². The highest BCUT2D eigenvalue weighted by Crippen LogP contribution is 2.34. The third-order valence-electron chi connectivity index (χ3n) is 7.57. The molecule has 0 heterocycles. The predicted octanol–water partition coefficient (Wildman–Crippen LogP) is 7.22. The van der Waals surface area contributed by atoms with Gasteiger partial charge in [0.25, 0.3) is 0 Å². The Labute approximate surface area is 271 Å². The van der Waals surface area contributed by atoms with Crippen molar-refractivity contribution in [3.63, 3.8) is 0 Å². The van der Waals surface area contributed by atoms with Crippen LogP contribution in [0.3, 0.4) is 0 Å². The summed E-state index contributed by atoms with van der Waals surface area (Å²) in [6.45, 7) is 4.37.